The zero-order chi connectivity index (χ0) is 12.4. The molecule has 1 aromatic heterocycles. The van der Waals surface area contributed by atoms with Crippen LogP contribution in [0.3, 0.4) is 0 Å². The molecule has 0 spiro atoms. The van der Waals surface area contributed by atoms with Crippen molar-refractivity contribution >= 4 is 17.2 Å². The number of amides is 1. The first-order chi connectivity index (χ1) is 8.15. The first kappa shape index (κ1) is 12.5. The third kappa shape index (κ3) is 2.50. The first-order valence-corrected chi connectivity index (χ1v) is 6.82. The number of aryl methyl sites for hydroxylation is 1. The van der Waals surface area contributed by atoms with Gasteiger partial charge in [0.25, 0.3) is 0 Å². The topological polar surface area (TPSA) is 53.4 Å². The Morgan fingerprint density at radius 3 is 3.00 bits per heavy atom. The Bertz CT molecular complexity index is 405. The van der Waals surface area contributed by atoms with Crippen molar-refractivity contribution in [1.82, 2.24) is 9.88 Å². The van der Waals surface area contributed by atoms with Crippen LogP contribution >= 0.6 is 11.3 Å². The molecule has 2 rings (SSSR count). The predicted molar refractivity (Wildman–Crippen MR) is 66.8 cm³/mol. The van der Waals surface area contributed by atoms with Gasteiger partial charge >= 0.3 is 0 Å². The highest BCUT2D eigenvalue weighted by Crippen LogP contribution is 2.30. The molecule has 2 heterocycles. The van der Waals surface area contributed by atoms with Gasteiger partial charge in [-0.05, 0) is 13.3 Å². The van der Waals surface area contributed by atoms with Crippen molar-refractivity contribution in [1.29, 1.82) is 0 Å². The Balaban J connectivity index is 2.09. The van der Waals surface area contributed by atoms with Gasteiger partial charge in [0.05, 0.1) is 6.04 Å². The Labute approximate surface area is 105 Å². The molecule has 1 aliphatic rings. The molecule has 4 nitrogen and oxygen atoms in total. The number of nitrogens with zero attached hydrogens (tertiary/aromatic N) is 2. The van der Waals surface area contributed by atoms with Gasteiger partial charge in [-0.1, -0.05) is 6.92 Å². The van der Waals surface area contributed by atoms with Gasteiger partial charge in [0, 0.05) is 36.6 Å². The highest BCUT2D eigenvalue weighted by atomic mass is 32.1. The van der Waals surface area contributed by atoms with Crippen molar-refractivity contribution < 1.29 is 9.90 Å². The fraction of sp³-hybridized carbons (Fsp3) is 0.667. The molecule has 0 radical (unpaired) electrons. The van der Waals surface area contributed by atoms with E-state index in [1.54, 1.807) is 11.3 Å². The standard InChI is InChI=1S/C12H18N2O2S/c1-3-10-5-13-12(17-10)8(2)14-6-9(7-15)4-11(14)16/h5,8-9,15H,3-4,6-7H2,1-2H3. The average Bonchev–Trinajstić information content (AvgIpc) is 2.94. The maximum absolute atomic E-state index is 11.8. The zero-order valence-corrected chi connectivity index (χ0v) is 11.0. The molecule has 94 valence electrons. The van der Waals surface area contributed by atoms with E-state index in [-0.39, 0.29) is 24.5 Å². The number of aliphatic hydroxyl groups excluding tert-OH is 1. The summed E-state index contributed by atoms with van der Waals surface area (Å²) in [6.45, 7) is 4.85. The van der Waals surface area contributed by atoms with E-state index in [0.717, 1.165) is 11.4 Å². The van der Waals surface area contributed by atoms with Crippen LogP contribution in [0.5, 0.6) is 0 Å². The summed E-state index contributed by atoms with van der Waals surface area (Å²) in [6.07, 6.45) is 3.34. The fourth-order valence-electron chi connectivity index (χ4n) is 2.12. The molecular formula is C12H18N2O2S. The Kier molecular flexibility index (Phi) is 3.79. The Morgan fingerprint density at radius 2 is 2.47 bits per heavy atom. The molecule has 2 atom stereocenters. The smallest absolute Gasteiger partial charge is 0.223 e. The third-order valence-corrected chi connectivity index (χ3v) is 4.55. The third-order valence-electron chi connectivity index (χ3n) is 3.24. The monoisotopic (exact) mass is 254 g/mol. The average molecular weight is 254 g/mol. The second-order valence-corrected chi connectivity index (χ2v) is 5.64. The van der Waals surface area contributed by atoms with Crippen LogP contribution in [0, 0.1) is 5.92 Å². The fourth-order valence-corrected chi connectivity index (χ4v) is 3.04. The largest absolute Gasteiger partial charge is 0.396 e. The molecule has 1 amide bonds. The molecule has 0 bridgehead atoms. The molecule has 2 unspecified atom stereocenters. The number of aliphatic hydroxyl groups is 1. The number of rotatable bonds is 4. The predicted octanol–water partition coefficient (Wildman–Crippen LogP) is 1.61. The van der Waals surface area contributed by atoms with Crippen LogP contribution in [0.15, 0.2) is 6.20 Å². The number of aromatic nitrogens is 1. The van der Waals surface area contributed by atoms with Crippen LogP contribution in [0.25, 0.3) is 0 Å². The van der Waals surface area contributed by atoms with E-state index in [2.05, 4.69) is 11.9 Å². The summed E-state index contributed by atoms with van der Waals surface area (Å²) >= 11 is 1.67. The van der Waals surface area contributed by atoms with Crippen LogP contribution in [0.2, 0.25) is 0 Å². The van der Waals surface area contributed by atoms with E-state index < -0.39 is 0 Å². The van der Waals surface area contributed by atoms with Crippen molar-refractivity contribution in [2.45, 2.75) is 32.7 Å². The van der Waals surface area contributed by atoms with E-state index in [1.165, 1.54) is 4.88 Å². The Hall–Kier alpha value is -0.940. The van der Waals surface area contributed by atoms with Crippen molar-refractivity contribution in [3.05, 3.63) is 16.1 Å². The molecule has 5 heteroatoms. The van der Waals surface area contributed by atoms with Crippen molar-refractivity contribution in [2.24, 2.45) is 5.92 Å². The highest BCUT2D eigenvalue weighted by molar-refractivity contribution is 7.11. The highest BCUT2D eigenvalue weighted by Gasteiger charge is 2.33. The number of hydrogen-bond donors (Lipinski definition) is 1. The molecule has 1 aliphatic heterocycles. The van der Waals surface area contributed by atoms with Crippen LogP contribution < -0.4 is 0 Å². The maximum Gasteiger partial charge on any atom is 0.223 e. The van der Waals surface area contributed by atoms with E-state index >= 15 is 0 Å². The van der Waals surface area contributed by atoms with E-state index in [4.69, 9.17) is 5.11 Å². The first-order valence-electron chi connectivity index (χ1n) is 6.00. The number of thiazole rings is 1. The summed E-state index contributed by atoms with van der Waals surface area (Å²) in [5.74, 6) is 0.223. The minimum Gasteiger partial charge on any atom is -0.396 e. The number of carbonyl (C=O) groups excluding carboxylic acids is 1. The summed E-state index contributed by atoms with van der Waals surface area (Å²) in [4.78, 5) is 19.3. The molecule has 1 N–H and O–H groups in total. The van der Waals surface area contributed by atoms with Gasteiger partial charge in [-0.25, -0.2) is 4.98 Å². The van der Waals surface area contributed by atoms with Gasteiger partial charge in [0.15, 0.2) is 0 Å². The molecule has 1 fully saturated rings. The van der Waals surface area contributed by atoms with E-state index in [1.807, 2.05) is 18.0 Å². The summed E-state index contributed by atoms with van der Waals surface area (Å²) < 4.78 is 0. The minimum atomic E-state index is 0.0318. The Morgan fingerprint density at radius 1 is 1.71 bits per heavy atom. The minimum absolute atomic E-state index is 0.0318. The summed E-state index contributed by atoms with van der Waals surface area (Å²) in [5.41, 5.74) is 0. The molecule has 17 heavy (non-hydrogen) atoms. The molecule has 1 aromatic rings. The quantitative estimate of drug-likeness (QED) is 0.888. The SMILES string of the molecule is CCc1cnc(C(C)N2CC(CO)CC2=O)s1. The lowest BCUT2D eigenvalue weighted by molar-refractivity contribution is -0.129. The van der Waals surface area contributed by atoms with Gasteiger partial charge in [0.1, 0.15) is 5.01 Å². The van der Waals surface area contributed by atoms with Gasteiger partial charge in [-0.3, -0.25) is 4.79 Å². The van der Waals surface area contributed by atoms with Crippen LogP contribution in [-0.2, 0) is 11.2 Å². The number of hydrogen-bond acceptors (Lipinski definition) is 4. The van der Waals surface area contributed by atoms with Crippen molar-refractivity contribution in [3.63, 3.8) is 0 Å². The number of carbonyl (C=O) groups is 1. The summed E-state index contributed by atoms with van der Waals surface area (Å²) in [7, 11) is 0. The lowest BCUT2D eigenvalue weighted by Crippen LogP contribution is -2.28. The zero-order valence-electron chi connectivity index (χ0n) is 10.2. The molecule has 0 aromatic carbocycles. The summed E-state index contributed by atoms with van der Waals surface area (Å²) in [6, 6.07) is 0.0318. The molecule has 1 saturated heterocycles. The van der Waals surface area contributed by atoms with Crippen molar-refractivity contribution in [2.75, 3.05) is 13.2 Å². The van der Waals surface area contributed by atoms with Crippen LogP contribution in [-0.4, -0.2) is 34.0 Å². The lowest BCUT2D eigenvalue weighted by Gasteiger charge is -2.22. The molecule has 0 aliphatic carbocycles. The van der Waals surface area contributed by atoms with E-state index in [0.29, 0.717) is 13.0 Å². The van der Waals surface area contributed by atoms with Crippen LogP contribution in [0.1, 0.15) is 36.2 Å². The van der Waals surface area contributed by atoms with Crippen molar-refractivity contribution in [3.8, 4) is 0 Å². The second-order valence-electron chi connectivity index (χ2n) is 4.49. The second kappa shape index (κ2) is 5.14. The van der Waals surface area contributed by atoms with Gasteiger partial charge < -0.3 is 10.0 Å². The van der Waals surface area contributed by atoms with Gasteiger partial charge in [-0.2, -0.15) is 0 Å². The normalized spacial score (nSPS) is 22.2. The maximum atomic E-state index is 11.8. The molecular weight excluding hydrogens is 236 g/mol. The summed E-state index contributed by atoms with van der Waals surface area (Å²) in [5, 5.41) is 10.1. The van der Waals surface area contributed by atoms with Gasteiger partial charge in [0.2, 0.25) is 5.91 Å². The lowest BCUT2D eigenvalue weighted by atomic mass is 10.1. The molecule has 0 saturated carbocycles. The number of likely N-dealkylation sites (tertiary alicyclic amines) is 1. The van der Waals surface area contributed by atoms with Crippen LogP contribution in [0.4, 0.5) is 0 Å². The van der Waals surface area contributed by atoms with Gasteiger partial charge in [-0.15, -0.1) is 11.3 Å². The van der Waals surface area contributed by atoms with E-state index in [9.17, 15) is 4.79 Å².